The summed E-state index contributed by atoms with van der Waals surface area (Å²) in [6.45, 7) is 9.39. The third-order valence-corrected chi connectivity index (χ3v) is 6.68. The second-order valence-electron chi connectivity index (χ2n) is 6.77. The highest BCUT2D eigenvalue weighted by atomic mass is 32.1. The van der Waals surface area contributed by atoms with Crippen molar-refractivity contribution in [3.63, 3.8) is 0 Å². The maximum Gasteiger partial charge on any atom is 0.0691 e. The zero-order valence-electron chi connectivity index (χ0n) is 12.7. The van der Waals surface area contributed by atoms with Crippen molar-refractivity contribution >= 4 is 11.3 Å². The predicted molar refractivity (Wildman–Crippen MR) is 84.0 cm³/mol. The Morgan fingerprint density at radius 3 is 2.85 bits per heavy atom. The van der Waals surface area contributed by atoms with E-state index in [1.165, 1.54) is 9.75 Å². The lowest BCUT2D eigenvalue weighted by Crippen LogP contribution is -2.77. The lowest BCUT2D eigenvalue weighted by Gasteiger charge is -2.62. The highest BCUT2D eigenvalue weighted by molar-refractivity contribution is 7.11. The molecule has 3 atom stereocenters. The van der Waals surface area contributed by atoms with E-state index in [0.717, 1.165) is 32.5 Å². The first-order chi connectivity index (χ1) is 9.49. The van der Waals surface area contributed by atoms with Crippen LogP contribution in [-0.2, 0) is 17.7 Å². The number of fused-ring (bicyclic) bond motifs is 1. The first kappa shape index (κ1) is 14.5. The van der Waals surface area contributed by atoms with Crippen molar-refractivity contribution in [3.8, 4) is 0 Å². The number of hydrogen-bond acceptors (Lipinski definition) is 4. The molecule has 2 heterocycles. The number of hydrogen-bond donors (Lipinski definition) is 2. The summed E-state index contributed by atoms with van der Waals surface area (Å²) in [7, 11) is 0. The summed E-state index contributed by atoms with van der Waals surface area (Å²) >= 11 is 1.90. The van der Waals surface area contributed by atoms with Crippen molar-refractivity contribution in [2.24, 2.45) is 17.1 Å². The lowest BCUT2D eigenvalue weighted by atomic mass is 9.48. The Hall–Kier alpha value is -0.420. The summed E-state index contributed by atoms with van der Waals surface area (Å²) in [6, 6.07) is 4.46. The van der Waals surface area contributed by atoms with Crippen molar-refractivity contribution in [3.05, 3.63) is 21.9 Å². The Bertz CT molecular complexity index is 485. The fraction of sp³-hybridized carbons (Fsp3) is 0.750. The quantitative estimate of drug-likeness (QED) is 0.877. The highest BCUT2D eigenvalue weighted by Gasteiger charge is 2.67. The molecule has 1 aromatic rings. The molecule has 0 spiro atoms. The van der Waals surface area contributed by atoms with Gasteiger partial charge in [0.25, 0.3) is 0 Å². The molecule has 112 valence electrons. The summed E-state index contributed by atoms with van der Waals surface area (Å²) in [6.07, 6.45) is 2.60. The molecule has 1 saturated heterocycles. The first-order valence-corrected chi connectivity index (χ1v) is 8.49. The molecule has 20 heavy (non-hydrogen) atoms. The molecular weight excluding hydrogens is 268 g/mol. The van der Waals surface area contributed by atoms with Crippen LogP contribution in [0.15, 0.2) is 12.1 Å². The van der Waals surface area contributed by atoms with Gasteiger partial charge >= 0.3 is 0 Å². The summed E-state index contributed by atoms with van der Waals surface area (Å²) in [5.41, 5.74) is 6.67. The molecule has 2 aliphatic rings. The Balaban J connectivity index is 1.58. The number of aryl methyl sites for hydroxylation is 1. The molecule has 1 aromatic heterocycles. The standard InChI is InChI=1S/C16H26N2OS/c1-4-11-5-6-12(20-11)9-18-10-16(17)13-7-8-19-14(13)15(16,2)3/h5-6,13-14,18H,4,7-10,17H2,1-3H3. The third-order valence-electron chi connectivity index (χ3n) is 5.45. The van der Waals surface area contributed by atoms with Gasteiger partial charge in [-0.2, -0.15) is 0 Å². The van der Waals surface area contributed by atoms with Crippen LogP contribution in [0.1, 0.15) is 36.9 Å². The van der Waals surface area contributed by atoms with Crippen LogP contribution in [0.25, 0.3) is 0 Å². The van der Waals surface area contributed by atoms with Crippen molar-refractivity contribution < 1.29 is 4.74 Å². The minimum absolute atomic E-state index is 0.0746. The van der Waals surface area contributed by atoms with Crippen LogP contribution in [-0.4, -0.2) is 24.8 Å². The largest absolute Gasteiger partial charge is 0.377 e. The van der Waals surface area contributed by atoms with E-state index < -0.39 is 0 Å². The van der Waals surface area contributed by atoms with Gasteiger partial charge in [-0.1, -0.05) is 20.8 Å². The first-order valence-electron chi connectivity index (χ1n) is 7.68. The Labute approximate surface area is 125 Å². The second kappa shape index (κ2) is 5.09. The smallest absolute Gasteiger partial charge is 0.0691 e. The average molecular weight is 294 g/mol. The summed E-state index contributed by atoms with van der Waals surface area (Å²) in [4.78, 5) is 2.86. The minimum Gasteiger partial charge on any atom is -0.377 e. The van der Waals surface area contributed by atoms with Gasteiger partial charge in [0, 0.05) is 46.3 Å². The summed E-state index contributed by atoms with van der Waals surface area (Å²) in [5.74, 6) is 0.527. The van der Waals surface area contributed by atoms with E-state index in [9.17, 15) is 0 Å². The molecule has 1 aliphatic carbocycles. The fourth-order valence-corrected chi connectivity index (χ4v) is 4.86. The molecule has 0 aromatic carbocycles. The van der Waals surface area contributed by atoms with Crippen molar-refractivity contribution in [2.75, 3.05) is 13.2 Å². The van der Waals surface area contributed by atoms with Gasteiger partial charge in [0.05, 0.1) is 6.10 Å². The molecular formula is C16H26N2OS. The van der Waals surface area contributed by atoms with Crippen molar-refractivity contribution in [1.29, 1.82) is 0 Å². The Morgan fingerprint density at radius 1 is 1.40 bits per heavy atom. The number of thiophene rings is 1. The molecule has 1 aliphatic heterocycles. The molecule has 0 radical (unpaired) electrons. The van der Waals surface area contributed by atoms with E-state index in [1.54, 1.807) is 0 Å². The molecule has 3 rings (SSSR count). The molecule has 3 unspecified atom stereocenters. The number of nitrogens with two attached hydrogens (primary N) is 1. The second-order valence-corrected chi connectivity index (χ2v) is 8.03. The van der Waals surface area contributed by atoms with Crippen LogP contribution in [0.2, 0.25) is 0 Å². The fourth-order valence-electron chi connectivity index (χ4n) is 3.93. The molecule has 2 fully saturated rings. The van der Waals surface area contributed by atoms with Gasteiger partial charge in [0.1, 0.15) is 0 Å². The van der Waals surface area contributed by atoms with Crippen molar-refractivity contribution in [2.45, 2.75) is 51.8 Å². The number of nitrogens with one attached hydrogen (secondary N) is 1. The normalized spacial score (nSPS) is 34.8. The lowest BCUT2D eigenvalue weighted by molar-refractivity contribution is -0.153. The average Bonchev–Trinajstić information content (AvgIpc) is 3.06. The van der Waals surface area contributed by atoms with Crippen LogP contribution < -0.4 is 11.1 Å². The van der Waals surface area contributed by atoms with E-state index in [1.807, 2.05) is 11.3 Å². The number of ether oxygens (including phenoxy) is 1. The van der Waals surface area contributed by atoms with Crippen LogP contribution in [0.5, 0.6) is 0 Å². The van der Waals surface area contributed by atoms with Gasteiger partial charge in [-0.05, 0) is 25.0 Å². The van der Waals surface area contributed by atoms with Crippen LogP contribution >= 0.6 is 11.3 Å². The van der Waals surface area contributed by atoms with E-state index in [-0.39, 0.29) is 11.0 Å². The van der Waals surface area contributed by atoms with Gasteiger partial charge < -0.3 is 15.8 Å². The van der Waals surface area contributed by atoms with E-state index >= 15 is 0 Å². The topological polar surface area (TPSA) is 47.3 Å². The zero-order chi connectivity index (χ0) is 14.4. The number of rotatable bonds is 5. The highest BCUT2D eigenvalue weighted by Crippen LogP contribution is 2.57. The Morgan fingerprint density at radius 2 is 2.15 bits per heavy atom. The molecule has 4 heteroatoms. The van der Waals surface area contributed by atoms with Gasteiger partial charge in [-0.25, -0.2) is 0 Å². The van der Waals surface area contributed by atoms with Gasteiger partial charge in [0.2, 0.25) is 0 Å². The van der Waals surface area contributed by atoms with Crippen LogP contribution in [0.3, 0.4) is 0 Å². The zero-order valence-corrected chi connectivity index (χ0v) is 13.6. The molecule has 0 bridgehead atoms. The SMILES string of the molecule is CCc1ccc(CNCC2(N)C3CCOC3C2(C)C)s1. The molecule has 3 nitrogen and oxygen atoms in total. The summed E-state index contributed by atoms with van der Waals surface area (Å²) < 4.78 is 5.84. The molecule has 0 amide bonds. The molecule has 3 N–H and O–H groups in total. The predicted octanol–water partition coefficient (Wildman–Crippen LogP) is 2.54. The van der Waals surface area contributed by atoms with Gasteiger partial charge in [0.15, 0.2) is 0 Å². The van der Waals surface area contributed by atoms with Gasteiger partial charge in [-0.3, -0.25) is 0 Å². The van der Waals surface area contributed by atoms with Crippen LogP contribution in [0, 0.1) is 11.3 Å². The van der Waals surface area contributed by atoms with Crippen molar-refractivity contribution in [1.82, 2.24) is 5.32 Å². The summed E-state index contributed by atoms with van der Waals surface area (Å²) in [5, 5.41) is 3.58. The van der Waals surface area contributed by atoms with Gasteiger partial charge in [-0.15, -0.1) is 11.3 Å². The third kappa shape index (κ3) is 2.05. The van der Waals surface area contributed by atoms with E-state index in [2.05, 4.69) is 38.2 Å². The molecule has 1 saturated carbocycles. The van der Waals surface area contributed by atoms with E-state index in [0.29, 0.717) is 12.0 Å². The monoisotopic (exact) mass is 294 g/mol. The van der Waals surface area contributed by atoms with E-state index in [4.69, 9.17) is 10.5 Å². The maximum atomic E-state index is 6.72. The minimum atomic E-state index is -0.126. The maximum absolute atomic E-state index is 6.72. The van der Waals surface area contributed by atoms with Crippen LogP contribution in [0.4, 0.5) is 0 Å². The Kier molecular flexibility index (Phi) is 3.70.